The number of halogens is 2. The standard InChI is InChI=1S/C9H9ClFN3/c1-2-3-14-9-5-7(11)6(10)4-8(9)12-13-14/h4-5H,2-3H2,1H3. The zero-order valence-electron chi connectivity index (χ0n) is 7.67. The maximum Gasteiger partial charge on any atom is 0.144 e. The van der Waals surface area contributed by atoms with Gasteiger partial charge in [0, 0.05) is 12.6 Å². The van der Waals surface area contributed by atoms with Gasteiger partial charge in [-0.1, -0.05) is 23.7 Å². The Hall–Kier alpha value is -1.16. The minimum atomic E-state index is -0.432. The molecule has 0 N–H and O–H groups in total. The molecule has 3 nitrogen and oxygen atoms in total. The second-order valence-corrected chi connectivity index (χ2v) is 3.47. The first kappa shape index (κ1) is 9.40. The minimum absolute atomic E-state index is 0.0843. The lowest BCUT2D eigenvalue weighted by molar-refractivity contribution is 0.591. The number of rotatable bonds is 2. The molecular formula is C9H9ClFN3. The summed E-state index contributed by atoms with van der Waals surface area (Å²) in [6.45, 7) is 2.76. The highest BCUT2D eigenvalue weighted by atomic mass is 35.5. The third kappa shape index (κ3) is 1.46. The maximum atomic E-state index is 13.1. The van der Waals surface area contributed by atoms with E-state index in [0.717, 1.165) is 13.0 Å². The Labute approximate surface area is 85.5 Å². The summed E-state index contributed by atoms with van der Waals surface area (Å²) in [6.07, 6.45) is 0.933. The monoisotopic (exact) mass is 213 g/mol. The molecule has 0 bridgehead atoms. The predicted molar refractivity (Wildman–Crippen MR) is 52.8 cm³/mol. The van der Waals surface area contributed by atoms with E-state index < -0.39 is 5.82 Å². The molecule has 0 aliphatic carbocycles. The zero-order valence-corrected chi connectivity index (χ0v) is 8.42. The van der Waals surface area contributed by atoms with Gasteiger partial charge in [-0.15, -0.1) is 5.10 Å². The number of aryl methyl sites for hydroxylation is 1. The molecule has 0 spiro atoms. The van der Waals surface area contributed by atoms with Crippen LogP contribution in [0.4, 0.5) is 4.39 Å². The van der Waals surface area contributed by atoms with Gasteiger partial charge in [-0.2, -0.15) is 0 Å². The normalized spacial score (nSPS) is 11.1. The molecule has 0 aliphatic rings. The summed E-state index contributed by atoms with van der Waals surface area (Å²) >= 11 is 5.62. The van der Waals surface area contributed by atoms with E-state index in [1.165, 1.54) is 12.1 Å². The fraction of sp³-hybridized carbons (Fsp3) is 0.333. The summed E-state index contributed by atoms with van der Waals surface area (Å²) in [6, 6.07) is 2.86. The molecule has 74 valence electrons. The van der Waals surface area contributed by atoms with Gasteiger partial charge in [0.05, 0.1) is 10.5 Å². The lowest BCUT2D eigenvalue weighted by Crippen LogP contribution is -1.98. The first-order chi connectivity index (χ1) is 6.72. The van der Waals surface area contributed by atoms with Crippen LogP contribution in [0.3, 0.4) is 0 Å². The van der Waals surface area contributed by atoms with Crippen LogP contribution in [0.5, 0.6) is 0 Å². The molecule has 0 saturated carbocycles. The average molecular weight is 214 g/mol. The summed E-state index contributed by atoms with van der Waals surface area (Å²) in [5.41, 5.74) is 1.32. The zero-order chi connectivity index (χ0) is 10.1. The summed E-state index contributed by atoms with van der Waals surface area (Å²) in [4.78, 5) is 0. The van der Waals surface area contributed by atoms with Gasteiger partial charge in [0.1, 0.15) is 11.3 Å². The van der Waals surface area contributed by atoms with Crippen LogP contribution in [0.15, 0.2) is 12.1 Å². The molecule has 0 fully saturated rings. The van der Waals surface area contributed by atoms with Crippen molar-refractivity contribution >= 4 is 22.6 Å². The van der Waals surface area contributed by atoms with Crippen LogP contribution in [-0.2, 0) is 6.54 Å². The van der Waals surface area contributed by atoms with Crippen molar-refractivity contribution < 1.29 is 4.39 Å². The molecule has 0 atom stereocenters. The molecule has 0 unspecified atom stereocenters. The molecule has 2 rings (SSSR count). The summed E-state index contributed by atoms with van der Waals surface area (Å²) < 4.78 is 14.8. The van der Waals surface area contributed by atoms with Crippen molar-refractivity contribution in [3.63, 3.8) is 0 Å². The SMILES string of the molecule is CCCn1nnc2cc(Cl)c(F)cc21. The van der Waals surface area contributed by atoms with Crippen molar-refractivity contribution in [2.75, 3.05) is 0 Å². The number of hydrogen-bond acceptors (Lipinski definition) is 2. The van der Waals surface area contributed by atoms with Crippen LogP contribution in [0.2, 0.25) is 5.02 Å². The minimum Gasteiger partial charge on any atom is -0.245 e. The molecule has 14 heavy (non-hydrogen) atoms. The van der Waals surface area contributed by atoms with E-state index in [1.54, 1.807) is 4.68 Å². The molecule has 0 saturated heterocycles. The highest BCUT2D eigenvalue weighted by Gasteiger charge is 2.08. The van der Waals surface area contributed by atoms with Crippen molar-refractivity contribution in [2.24, 2.45) is 0 Å². The van der Waals surface area contributed by atoms with Gasteiger partial charge in [0.15, 0.2) is 0 Å². The van der Waals surface area contributed by atoms with Crippen molar-refractivity contribution in [1.29, 1.82) is 0 Å². The highest BCUT2D eigenvalue weighted by molar-refractivity contribution is 6.31. The van der Waals surface area contributed by atoms with Crippen LogP contribution < -0.4 is 0 Å². The van der Waals surface area contributed by atoms with E-state index in [1.807, 2.05) is 6.92 Å². The van der Waals surface area contributed by atoms with E-state index >= 15 is 0 Å². The first-order valence-electron chi connectivity index (χ1n) is 4.40. The third-order valence-corrected chi connectivity index (χ3v) is 2.28. The molecule has 5 heteroatoms. The van der Waals surface area contributed by atoms with Gasteiger partial charge in [-0.3, -0.25) is 0 Å². The first-order valence-corrected chi connectivity index (χ1v) is 4.78. The van der Waals surface area contributed by atoms with Crippen LogP contribution in [-0.4, -0.2) is 15.0 Å². The number of nitrogens with zero attached hydrogens (tertiary/aromatic N) is 3. The Morgan fingerprint density at radius 1 is 1.50 bits per heavy atom. The van der Waals surface area contributed by atoms with E-state index in [2.05, 4.69) is 10.3 Å². The van der Waals surface area contributed by atoms with Gasteiger partial charge in [-0.25, -0.2) is 9.07 Å². The van der Waals surface area contributed by atoms with E-state index in [9.17, 15) is 4.39 Å². The lowest BCUT2D eigenvalue weighted by Gasteiger charge is -1.99. The number of hydrogen-bond donors (Lipinski definition) is 0. The molecule has 0 radical (unpaired) electrons. The molecular weight excluding hydrogens is 205 g/mol. The summed E-state index contributed by atoms with van der Waals surface area (Å²) in [5, 5.41) is 7.89. The number of aromatic nitrogens is 3. The second-order valence-electron chi connectivity index (χ2n) is 3.07. The fourth-order valence-electron chi connectivity index (χ4n) is 1.34. The van der Waals surface area contributed by atoms with Crippen molar-refractivity contribution in [3.05, 3.63) is 23.0 Å². The fourth-order valence-corrected chi connectivity index (χ4v) is 1.50. The van der Waals surface area contributed by atoms with Gasteiger partial charge < -0.3 is 0 Å². The third-order valence-electron chi connectivity index (χ3n) is 1.99. The Kier molecular flexibility index (Phi) is 2.37. The van der Waals surface area contributed by atoms with Crippen molar-refractivity contribution in [2.45, 2.75) is 19.9 Å². The summed E-state index contributed by atoms with van der Waals surface area (Å²) in [7, 11) is 0. The number of fused-ring (bicyclic) bond motifs is 1. The Balaban J connectivity index is 2.61. The average Bonchev–Trinajstić information content (AvgIpc) is 2.51. The van der Waals surface area contributed by atoms with Crippen molar-refractivity contribution in [3.8, 4) is 0 Å². The Morgan fingerprint density at radius 3 is 3.00 bits per heavy atom. The summed E-state index contributed by atoms with van der Waals surface area (Å²) in [5.74, 6) is -0.432. The predicted octanol–water partition coefficient (Wildman–Crippen LogP) is 2.63. The quantitative estimate of drug-likeness (QED) is 0.768. The maximum absolute atomic E-state index is 13.1. The molecule has 0 amide bonds. The van der Waals surface area contributed by atoms with E-state index in [0.29, 0.717) is 11.0 Å². The van der Waals surface area contributed by atoms with Crippen LogP contribution in [0.25, 0.3) is 11.0 Å². The smallest absolute Gasteiger partial charge is 0.144 e. The largest absolute Gasteiger partial charge is 0.245 e. The second kappa shape index (κ2) is 3.53. The van der Waals surface area contributed by atoms with Crippen molar-refractivity contribution in [1.82, 2.24) is 15.0 Å². The van der Waals surface area contributed by atoms with Gasteiger partial charge in [-0.05, 0) is 12.5 Å². The van der Waals surface area contributed by atoms with Gasteiger partial charge in [0.2, 0.25) is 0 Å². The van der Waals surface area contributed by atoms with Gasteiger partial charge in [0.25, 0.3) is 0 Å². The molecule has 2 aromatic rings. The molecule has 1 heterocycles. The highest BCUT2D eigenvalue weighted by Crippen LogP contribution is 2.21. The van der Waals surface area contributed by atoms with Crippen LogP contribution in [0.1, 0.15) is 13.3 Å². The van der Waals surface area contributed by atoms with Gasteiger partial charge >= 0.3 is 0 Å². The molecule has 0 aliphatic heterocycles. The van der Waals surface area contributed by atoms with E-state index in [4.69, 9.17) is 11.6 Å². The van der Waals surface area contributed by atoms with Crippen LogP contribution in [0, 0.1) is 5.82 Å². The Morgan fingerprint density at radius 2 is 2.29 bits per heavy atom. The van der Waals surface area contributed by atoms with Crippen LogP contribution >= 0.6 is 11.6 Å². The molecule has 1 aromatic heterocycles. The van der Waals surface area contributed by atoms with E-state index in [-0.39, 0.29) is 5.02 Å². The topological polar surface area (TPSA) is 30.7 Å². The Bertz CT molecular complexity index is 466. The number of benzene rings is 1. The molecule has 1 aromatic carbocycles. The lowest BCUT2D eigenvalue weighted by atomic mass is 10.3.